The summed E-state index contributed by atoms with van der Waals surface area (Å²) in [6, 6.07) is 7.32. The van der Waals surface area contributed by atoms with Crippen molar-refractivity contribution in [2.24, 2.45) is 0 Å². The molecule has 1 fully saturated rings. The first-order valence-electron chi connectivity index (χ1n) is 6.76. The van der Waals surface area contributed by atoms with Crippen LogP contribution in [0.5, 0.6) is 5.75 Å². The second-order valence-corrected chi connectivity index (χ2v) is 7.09. The molecule has 6 heteroatoms. The van der Waals surface area contributed by atoms with Gasteiger partial charge in [0.1, 0.15) is 11.8 Å². The Morgan fingerprint density at radius 1 is 1.29 bits per heavy atom. The Kier molecular flexibility index (Phi) is 4.77. The monoisotopic (exact) mass is 308 g/mol. The molecule has 21 heavy (non-hydrogen) atoms. The zero-order valence-corrected chi connectivity index (χ0v) is 13.3. The van der Waals surface area contributed by atoms with Crippen LogP contribution < -0.4 is 15.4 Å². The van der Waals surface area contributed by atoms with Crippen LogP contribution in [-0.4, -0.2) is 36.3 Å². The van der Waals surface area contributed by atoms with Gasteiger partial charge in [-0.25, -0.2) is 0 Å². The molecule has 0 spiro atoms. The normalized spacial score (nSPS) is 18.9. The summed E-state index contributed by atoms with van der Waals surface area (Å²) in [4.78, 5) is 23.4. The SMILES string of the molecule is COc1ccc(CSC(C)(C)C2NC(=O)CNC2=O)cc1. The molecule has 0 saturated carbocycles. The van der Waals surface area contributed by atoms with E-state index in [1.807, 2.05) is 38.1 Å². The lowest BCUT2D eigenvalue weighted by atomic mass is 10.0. The van der Waals surface area contributed by atoms with Gasteiger partial charge in [0, 0.05) is 10.5 Å². The topological polar surface area (TPSA) is 67.4 Å². The minimum absolute atomic E-state index is 0.0640. The summed E-state index contributed by atoms with van der Waals surface area (Å²) in [6.45, 7) is 4.00. The molecule has 5 nitrogen and oxygen atoms in total. The van der Waals surface area contributed by atoms with E-state index < -0.39 is 6.04 Å². The summed E-state index contributed by atoms with van der Waals surface area (Å²) in [7, 11) is 1.64. The van der Waals surface area contributed by atoms with Gasteiger partial charge in [0.15, 0.2) is 0 Å². The molecule has 1 aromatic carbocycles. The number of nitrogens with one attached hydrogen (secondary N) is 2. The third-order valence-corrected chi connectivity index (χ3v) is 4.91. The highest BCUT2D eigenvalue weighted by Gasteiger charge is 2.39. The van der Waals surface area contributed by atoms with E-state index in [1.165, 1.54) is 0 Å². The molecular formula is C15H20N2O3S. The third kappa shape index (κ3) is 3.91. The molecule has 0 aliphatic carbocycles. The first-order valence-corrected chi connectivity index (χ1v) is 7.75. The van der Waals surface area contributed by atoms with Gasteiger partial charge in [0.05, 0.1) is 13.7 Å². The zero-order chi connectivity index (χ0) is 15.5. The van der Waals surface area contributed by atoms with Crippen LogP contribution in [-0.2, 0) is 15.3 Å². The maximum atomic E-state index is 11.9. The van der Waals surface area contributed by atoms with Crippen molar-refractivity contribution in [2.75, 3.05) is 13.7 Å². The number of methoxy groups -OCH3 is 1. The van der Waals surface area contributed by atoms with E-state index >= 15 is 0 Å². The van der Waals surface area contributed by atoms with E-state index in [9.17, 15) is 9.59 Å². The summed E-state index contributed by atoms with van der Waals surface area (Å²) < 4.78 is 4.74. The van der Waals surface area contributed by atoms with Crippen molar-refractivity contribution in [3.8, 4) is 5.75 Å². The summed E-state index contributed by atoms with van der Waals surface area (Å²) >= 11 is 1.64. The van der Waals surface area contributed by atoms with Gasteiger partial charge in [-0.1, -0.05) is 12.1 Å². The van der Waals surface area contributed by atoms with Crippen LogP contribution in [0, 0.1) is 0 Å². The lowest BCUT2D eigenvalue weighted by molar-refractivity contribution is -0.134. The van der Waals surface area contributed by atoms with Crippen molar-refractivity contribution in [3.63, 3.8) is 0 Å². The lowest BCUT2D eigenvalue weighted by Crippen LogP contribution is -2.62. The van der Waals surface area contributed by atoms with E-state index in [0.717, 1.165) is 17.1 Å². The summed E-state index contributed by atoms with van der Waals surface area (Å²) in [5.41, 5.74) is 1.15. The van der Waals surface area contributed by atoms with E-state index in [-0.39, 0.29) is 23.1 Å². The van der Waals surface area contributed by atoms with E-state index in [2.05, 4.69) is 10.6 Å². The van der Waals surface area contributed by atoms with Gasteiger partial charge in [-0.2, -0.15) is 0 Å². The van der Waals surface area contributed by atoms with Crippen molar-refractivity contribution < 1.29 is 14.3 Å². The molecule has 1 saturated heterocycles. The van der Waals surface area contributed by atoms with Crippen LogP contribution in [0.15, 0.2) is 24.3 Å². The first kappa shape index (κ1) is 15.7. The quantitative estimate of drug-likeness (QED) is 0.861. The molecule has 0 bridgehead atoms. The maximum Gasteiger partial charge on any atom is 0.244 e. The third-order valence-electron chi connectivity index (χ3n) is 3.46. The van der Waals surface area contributed by atoms with Gasteiger partial charge in [-0.15, -0.1) is 11.8 Å². The molecule has 0 aromatic heterocycles. The summed E-state index contributed by atoms with van der Waals surface area (Å²) in [5.74, 6) is 1.32. The fourth-order valence-corrected chi connectivity index (χ4v) is 3.17. The fourth-order valence-electron chi connectivity index (χ4n) is 2.11. The number of hydrogen-bond donors (Lipinski definition) is 2. The highest BCUT2D eigenvalue weighted by atomic mass is 32.2. The van der Waals surface area contributed by atoms with Crippen molar-refractivity contribution in [1.29, 1.82) is 0 Å². The molecule has 2 rings (SSSR count). The van der Waals surface area contributed by atoms with E-state index in [1.54, 1.807) is 18.9 Å². The second kappa shape index (κ2) is 6.39. The van der Waals surface area contributed by atoms with Crippen molar-refractivity contribution in [2.45, 2.75) is 30.4 Å². The molecule has 114 valence electrons. The number of ether oxygens (including phenoxy) is 1. The molecule has 1 unspecified atom stereocenters. The number of carbonyl (C=O) groups is 2. The number of carbonyl (C=O) groups excluding carboxylic acids is 2. The fraction of sp³-hybridized carbons (Fsp3) is 0.467. The van der Waals surface area contributed by atoms with E-state index in [4.69, 9.17) is 4.74 Å². The maximum absolute atomic E-state index is 11.9. The number of rotatable bonds is 5. The van der Waals surface area contributed by atoms with Gasteiger partial charge < -0.3 is 15.4 Å². The molecule has 1 atom stereocenters. The molecule has 1 heterocycles. The van der Waals surface area contributed by atoms with Crippen LogP contribution in [0.25, 0.3) is 0 Å². The predicted molar refractivity (Wildman–Crippen MR) is 83.3 cm³/mol. The Morgan fingerprint density at radius 2 is 1.95 bits per heavy atom. The van der Waals surface area contributed by atoms with Crippen molar-refractivity contribution in [1.82, 2.24) is 10.6 Å². The second-order valence-electron chi connectivity index (χ2n) is 5.46. The Bertz CT molecular complexity index is 528. The summed E-state index contributed by atoms with van der Waals surface area (Å²) in [5, 5.41) is 5.39. The average molecular weight is 308 g/mol. The minimum atomic E-state index is -0.512. The largest absolute Gasteiger partial charge is 0.497 e. The molecule has 2 amide bonds. The Hall–Kier alpha value is -1.69. The molecule has 1 aromatic rings. The molecule has 2 N–H and O–H groups in total. The van der Waals surface area contributed by atoms with Crippen LogP contribution in [0.4, 0.5) is 0 Å². The molecule has 1 aliphatic rings. The summed E-state index contributed by atoms with van der Waals surface area (Å²) in [6.07, 6.45) is 0. The molecular weight excluding hydrogens is 288 g/mol. The van der Waals surface area contributed by atoms with Gasteiger partial charge in [-0.3, -0.25) is 9.59 Å². The number of piperazine rings is 1. The Labute approximate surface area is 128 Å². The lowest BCUT2D eigenvalue weighted by Gasteiger charge is -2.35. The highest BCUT2D eigenvalue weighted by molar-refractivity contribution is 7.99. The number of benzene rings is 1. The van der Waals surface area contributed by atoms with Crippen LogP contribution in [0.1, 0.15) is 19.4 Å². The Balaban J connectivity index is 1.99. The van der Waals surface area contributed by atoms with Crippen LogP contribution in [0.2, 0.25) is 0 Å². The molecule has 1 aliphatic heterocycles. The van der Waals surface area contributed by atoms with Crippen molar-refractivity contribution >= 4 is 23.6 Å². The molecule has 0 radical (unpaired) electrons. The van der Waals surface area contributed by atoms with Gasteiger partial charge >= 0.3 is 0 Å². The number of amides is 2. The standard InChI is InChI=1S/C15H20N2O3S/c1-15(2,13-14(19)16-8-12(18)17-13)21-9-10-4-6-11(20-3)7-5-10/h4-7,13H,8-9H2,1-3H3,(H,16,19)(H,17,18). The van der Waals surface area contributed by atoms with Gasteiger partial charge in [0.2, 0.25) is 11.8 Å². The number of thioether (sulfide) groups is 1. The average Bonchev–Trinajstić information content (AvgIpc) is 2.48. The van der Waals surface area contributed by atoms with Crippen LogP contribution >= 0.6 is 11.8 Å². The first-order chi connectivity index (χ1) is 9.92. The van der Waals surface area contributed by atoms with Gasteiger partial charge in [-0.05, 0) is 31.5 Å². The minimum Gasteiger partial charge on any atom is -0.497 e. The number of hydrogen-bond acceptors (Lipinski definition) is 4. The van der Waals surface area contributed by atoms with Crippen molar-refractivity contribution in [3.05, 3.63) is 29.8 Å². The predicted octanol–water partition coefficient (Wildman–Crippen LogP) is 1.32. The van der Waals surface area contributed by atoms with E-state index in [0.29, 0.717) is 0 Å². The smallest absolute Gasteiger partial charge is 0.244 e. The van der Waals surface area contributed by atoms with Gasteiger partial charge in [0.25, 0.3) is 0 Å². The zero-order valence-electron chi connectivity index (χ0n) is 12.4. The Morgan fingerprint density at radius 3 is 2.57 bits per heavy atom. The highest BCUT2D eigenvalue weighted by Crippen LogP contribution is 2.32. The van der Waals surface area contributed by atoms with Crippen LogP contribution in [0.3, 0.4) is 0 Å².